The molecule has 4 aliphatic rings. The molecule has 8 heteroatoms. The number of hydrogen-bond acceptors (Lipinski definition) is 4. The number of halogens is 3. The van der Waals surface area contributed by atoms with Gasteiger partial charge in [0, 0.05) is 12.1 Å². The fourth-order valence-electron chi connectivity index (χ4n) is 5.61. The van der Waals surface area contributed by atoms with Gasteiger partial charge in [-0.25, -0.2) is 0 Å². The molecular weight excluding hydrogens is 379 g/mol. The fraction of sp³-hybridized carbons (Fsp3) is 0.632. The SMILES string of the molecule is O=C(OCc1cccc([NH+]([O-])SC(F)(F)F)c1)C12CC3CC(CC(C3)C1)C2. The number of quaternary nitrogens is 1. The number of carbonyl (C=O) groups is 1. The Kier molecular flexibility index (Phi) is 4.93. The molecule has 1 aromatic carbocycles. The summed E-state index contributed by atoms with van der Waals surface area (Å²) in [5.41, 5.74) is -4.49. The Morgan fingerprint density at radius 3 is 2.33 bits per heavy atom. The molecule has 1 atom stereocenters. The number of benzene rings is 1. The molecule has 4 saturated carbocycles. The van der Waals surface area contributed by atoms with Crippen LogP contribution in [-0.2, 0) is 16.1 Å². The first-order valence-corrected chi connectivity index (χ1v) is 10.1. The molecule has 148 valence electrons. The Balaban J connectivity index is 1.39. The van der Waals surface area contributed by atoms with Gasteiger partial charge in [-0.3, -0.25) is 9.26 Å². The minimum Gasteiger partial charge on any atom is -0.616 e. The average molecular weight is 401 g/mol. The molecule has 0 aromatic heterocycles. The molecule has 27 heavy (non-hydrogen) atoms. The normalized spacial score (nSPS) is 33.1. The second-order valence-electron chi connectivity index (χ2n) is 8.31. The van der Waals surface area contributed by atoms with Crippen LogP contribution >= 0.6 is 11.9 Å². The van der Waals surface area contributed by atoms with Crippen LogP contribution in [0.15, 0.2) is 24.3 Å². The summed E-state index contributed by atoms with van der Waals surface area (Å²) in [6.45, 7) is -0.0155. The van der Waals surface area contributed by atoms with Crippen LogP contribution in [0.5, 0.6) is 0 Å². The van der Waals surface area contributed by atoms with E-state index in [2.05, 4.69) is 0 Å². The van der Waals surface area contributed by atoms with Crippen LogP contribution < -0.4 is 4.47 Å². The Labute approximate surface area is 160 Å². The van der Waals surface area contributed by atoms with Crippen molar-refractivity contribution in [2.24, 2.45) is 23.2 Å². The van der Waals surface area contributed by atoms with Crippen molar-refractivity contribution in [3.05, 3.63) is 35.0 Å². The molecule has 4 fully saturated rings. The summed E-state index contributed by atoms with van der Waals surface area (Å²) in [6.07, 6.45) is 6.39. The molecular formula is C19H22F3NO3S. The molecule has 4 nitrogen and oxygen atoms in total. The van der Waals surface area contributed by atoms with Crippen molar-refractivity contribution >= 4 is 23.6 Å². The number of rotatable bonds is 5. The van der Waals surface area contributed by atoms with Crippen molar-refractivity contribution in [1.82, 2.24) is 0 Å². The van der Waals surface area contributed by atoms with Crippen LogP contribution in [0.1, 0.15) is 44.1 Å². The first kappa shape index (κ1) is 19.1. The number of hydrogen-bond donors (Lipinski definition) is 1. The van der Waals surface area contributed by atoms with Crippen molar-refractivity contribution in [3.8, 4) is 0 Å². The van der Waals surface area contributed by atoms with Gasteiger partial charge in [0.2, 0.25) is 0 Å². The molecule has 0 saturated heterocycles. The van der Waals surface area contributed by atoms with Crippen molar-refractivity contribution in [2.75, 3.05) is 0 Å². The lowest BCUT2D eigenvalue weighted by Crippen LogP contribution is -2.95. The largest absolute Gasteiger partial charge is 0.616 e. The Morgan fingerprint density at radius 2 is 1.78 bits per heavy atom. The summed E-state index contributed by atoms with van der Waals surface area (Å²) in [5, 5.41) is 11.7. The van der Waals surface area contributed by atoms with Crippen LogP contribution in [0.3, 0.4) is 0 Å². The van der Waals surface area contributed by atoms with Crippen molar-refractivity contribution < 1.29 is 27.2 Å². The average Bonchev–Trinajstić information content (AvgIpc) is 2.57. The molecule has 1 N–H and O–H groups in total. The van der Waals surface area contributed by atoms with Crippen molar-refractivity contribution in [1.29, 1.82) is 0 Å². The zero-order valence-corrected chi connectivity index (χ0v) is 15.6. The Bertz CT molecular complexity index is 689. The van der Waals surface area contributed by atoms with E-state index in [-0.39, 0.29) is 23.7 Å². The number of esters is 1. The molecule has 5 rings (SSSR count). The van der Waals surface area contributed by atoms with Crippen LogP contribution in [0.2, 0.25) is 0 Å². The molecule has 4 bridgehead atoms. The smallest absolute Gasteiger partial charge is 0.497 e. The monoisotopic (exact) mass is 401 g/mol. The molecule has 1 unspecified atom stereocenters. The Hall–Kier alpha value is -1.25. The first-order valence-electron chi connectivity index (χ1n) is 9.29. The summed E-state index contributed by atoms with van der Waals surface area (Å²) in [6, 6.07) is 5.87. The standard InChI is InChI=1S/C19H22F3NO3S/c20-19(21,22)27-23(25)16-3-1-2-12(7-16)11-26-17(24)18-8-13-4-14(9-18)6-15(5-13)10-18/h1-3,7,13-15,23H,4-6,8-11H2. The number of ether oxygens (including phenoxy) is 1. The van der Waals surface area contributed by atoms with E-state index in [4.69, 9.17) is 4.74 Å². The molecule has 0 spiro atoms. The number of carbonyl (C=O) groups excluding carboxylic acids is 1. The third-order valence-electron chi connectivity index (χ3n) is 6.21. The summed E-state index contributed by atoms with van der Waals surface area (Å²) in [7, 11) is 0. The van der Waals surface area contributed by atoms with Gasteiger partial charge in [-0.15, -0.1) is 0 Å². The highest BCUT2D eigenvalue weighted by molar-refractivity contribution is 7.94. The minimum absolute atomic E-state index is 0.0155. The summed E-state index contributed by atoms with van der Waals surface area (Å²) in [4.78, 5) is 12.8. The maximum atomic E-state index is 12.8. The predicted octanol–water partition coefficient (Wildman–Crippen LogP) is 4.13. The van der Waals surface area contributed by atoms with Crippen LogP contribution in [0.25, 0.3) is 0 Å². The van der Waals surface area contributed by atoms with Crippen LogP contribution in [-0.4, -0.2) is 11.5 Å². The second-order valence-corrected chi connectivity index (χ2v) is 9.35. The summed E-state index contributed by atoms with van der Waals surface area (Å²) < 4.78 is 41.6. The predicted molar refractivity (Wildman–Crippen MR) is 94.5 cm³/mol. The zero-order chi connectivity index (χ0) is 19.2. The van der Waals surface area contributed by atoms with E-state index >= 15 is 0 Å². The number of alkyl halides is 3. The molecule has 0 amide bonds. The van der Waals surface area contributed by atoms with E-state index in [1.54, 1.807) is 6.07 Å². The van der Waals surface area contributed by atoms with Crippen LogP contribution in [0, 0.1) is 28.4 Å². The van der Waals surface area contributed by atoms with Gasteiger partial charge in [-0.1, -0.05) is 12.1 Å². The highest BCUT2D eigenvalue weighted by atomic mass is 32.2. The van der Waals surface area contributed by atoms with E-state index in [1.807, 2.05) is 0 Å². The fourth-order valence-corrected chi connectivity index (χ4v) is 6.07. The molecule has 0 radical (unpaired) electrons. The highest BCUT2D eigenvalue weighted by Crippen LogP contribution is 2.60. The van der Waals surface area contributed by atoms with E-state index in [9.17, 15) is 23.2 Å². The topological polar surface area (TPSA) is 53.8 Å². The minimum atomic E-state index is -4.61. The third-order valence-corrected chi connectivity index (χ3v) is 6.86. The quantitative estimate of drug-likeness (QED) is 0.458. The molecule has 0 aliphatic heterocycles. The zero-order valence-electron chi connectivity index (χ0n) is 14.8. The third kappa shape index (κ3) is 4.12. The van der Waals surface area contributed by atoms with Crippen LogP contribution in [0.4, 0.5) is 18.9 Å². The van der Waals surface area contributed by atoms with E-state index in [0.717, 1.165) is 19.3 Å². The second kappa shape index (κ2) is 6.97. The first-order chi connectivity index (χ1) is 12.7. The maximum Gasteiger partial charge on any atom is 0.497 e. The number of nitrogens with one attached hydrogen (secondary N) is 1. The van der Waals surface area contributed by atoms with Gasteiger partial charge in [-0.05, 0) is 61.8 Å². The summed E-state index contributed by atoms with van der Waals surface area (Å²) in [5.74, 6) is 1.71. The lowest BCUT2D eigenvalue weighted by atomic mass is 9.49. The van der Waals surface area contributed by atoms with Gasteiger partial charge in [0.15, 0.2) is 11.9 Å². The van der Waals surface area contributed by atoms with Gasteiger partial charge in [0.05, 0.1) is 5.41 Å². The highest BCUT2D eigenvalue weighted by Gasteiger charge is 2.55. The van der Waals surface area contributed by atoms with Gasteiger partial charge in [0.25, 0.3) is 0 Å². The summed E-state index contributed by atoms with van der Waals surface area (Å²) >= 11 is -0.665. The van der Waals surface area contributed by atoms with E-state index in [0.29, 0.717) is 23.3 Å². The molecule has 0 heterocycles. The lowest BCUT2D eigenvalue weighted by Gasteiger charge is -2.55. The van der Waals surface area contributed by atoms with E-state index < -0.39 is 21.9 Å². The maximum absolute atomic E-state index is 12.8. The van der Waals surface area contributed by atoms with Gasteiger partial charge in [0.1, 0.15) is 12.3 Å². The lowest BCUT2D eigenvalue weighted by molar-refractivity contribution is -0.614. The van der Waals surface area contributed by atoms with E-state index in [1.165, 1.54) is 37.5 Å². The van der Waals surface area contributed by atoms with Crippen molar-refractivity contribution in [3.63, 3.8) is 0 Å². The molecule has 1 aromatic rings. The van der Waals surface area contributed by atoms with Crippen molar-refractivity contribution in [2.45, 2.75) is 50.6 Å². The molecule has 4 aliphatic carbocycles. The van der Waals surface area contributed by atoms with Gasteiger partial charge < -0.3 is 9.94 Å². The van der Waals surface area contributed by atoms with Gasteiger partial charge >= 0.3 is 11.5 Å². The van der Waals surface area contributed by atoms with Gasteiger partial charge in [-0.2, -0.15) is 13.2 Å². The Morgan fingerprint density at radius 1 is 1.19 bits per heavy atom.